The van der Waals surface area contributed by atoms with Gasteiger partial charge in [-0.25, -0.2) is 8.78 Å². The molecule has 2 aromatic carbocycles. The van der Waals surface area contributed by atoms with Crippen LogP contribution >= 0.6 is 0 Å². The zero-order chi connectivity index (χ0) is 20.6. The summed E-state index contributed by atoms with van der Waals surface area (Å²) in [6, 6.07) is 12.0. The van der Waals surface area contributed by atoms with Gasteiger partial charge in [0.15, 0.2) is 0 Å². The molecule has 7 heteroatoms. The van der Waals surface area contributed by atoms with Crippen LogP contribution in [0.3, 0.4) is 0 Å². The molecular formula is C22H22F2N2O3. The number of halogens is 2. The molecule has 1 saturated heterocycles. The molecule has 1 aliphatic heterocycles. The van der Waals surface area contributed by atoms with E-state index in [9.17, 15) is 13.6 Å². The maximum Gasteiger partial charge on any atom is 0.281 e. The summed E-state index contributed by atoms with van der Waals surface area (Å²) >= 11 is 0. The maximum absolute atomic E-state index is 13.9. The van der Waals surface area contributed by atoms with Gasteiger partial charge in [-0.1, -0.05) is 30.3 Å². The van der Waals surface area contributed by atoms with E-state index in [1.807, 2.05) is 43.3 Å². The third-order valence-corrected chi connectivity index (χ3v) is 5.12. The van der Waals surface area contributed by atoms with Gasteiger partial charge in [-0.05, 0) is 37.1 Å². The van der Waals surface area contributed by atoms with Crippen LogP contribution in [0.1, 0.15) is 27.2 Å². The Balaban J connectivity index is 1.62. The number of furan rings is 1. The van der Waals surface area contributed by atoms with Crippen LogP contribution in [0.4, 0.5) is 8.78 Å². The largest absolute Gasteiger partial charge is 0.489 e. The van der Waals surface area contributed by atoms with Crippen LogP contribution in [-0.2, 0) is 6.61 Å². The fourth-order valence-electron chi connectivity index (χ4n) is 3.60. The molecule has 29 heavy (non-hydrogen) atoms. The van der Waals surface area contributed by atoms with E-state index in [1.54, 1.807) is 13.0 Å². The van der Waals surface area contributed by atoms with Gasteiger partial charge in [0.2, 0.25) is 0 Å². The van der Waals surface area contributed by atoms with Crippen molar-refractivity contribution in [3.63, 3.8) is 0 Å². The number of benzene rings is 2. The van der Waals surface area contributed by atoms with Crippen LogP contribution < -0.4 is 15.4 Å². The van der Waals surface area contributed by atoms with Crippen LogP contribution in [0.15, 0.2) is 46.9 Å². The summed E-state index contributed by atoms with van der Waals surface area (Å²) in [5.41, 5.74) is 2.63. The lowest BCUT2D eigenvalue weighted by atomic mass is 10.1. The van der Waals surface area contributed by atoms with Crippen LogP contribution in [0.2, 0.25) is 0 Å². The second-order valence-corrected chi connectivity index (χ2v) is 7.34. The average Bonchev–Trinajstić information content (AvgIpc) is 3.19. The lowest BCUT2D eigenvalue weighted by Crippen LogP contribution is -2.46. The number of hydrogen-bond donors (Lipinski definition) is 2. The lowest BCUT2D eigenvalue weighted by molar-refractivity contribution is -0.00247. The van der Waals surface area contributed by atoms with E-state index >= 15 is 0 Å². The molecule has 0 radical (unpaired) electrons. The molecule has 1 aromatic heterocycles. The molecule has 2 N–H and O–H groups in total. The number of alkyl halides is 2. The van der Waals surface area contributed by atoms with E-state index < -0.39 is 24.4 Å². The molecule has 4 rings (SSSR count). The highest BCUT2D eigenvalue weighted by atomic mass is 19.3. The van der Waals surface area contributed by atoms with Crippen molar-refractivity contribution in [1.29, 1.82) is 0 Å². The minimum Gasteiger partial charge on any atom is -0.489 e. The first kappa shape index (κ1) is 19.4. The van der Waals surface area contributed by atoms with Gasteiger partial charge in [0, 0.05) is 11.9 Å². The summed E-state index contributed by atoms with van der Waals surface area (Å²) in [6.45, 7) is 3.48. The predicted molar refractivity (Wildman–Crippen MR) is 106 cm³/mol. The molecule has 1 fully saturated rings. The van der Waals surface area contributed by atoms with Crippen molar-refractivity contribution in [2.45, 2.75) is 32.4 Å². The minimum absolute atomic E-state index is 0.0258. The second-order valence-electron chi connectivity index (χ2n) is 7.34. The molecule has 2 heterocycles. The monoisotopic (exact) mass is 400 g/mol. The van der Waals surface area contributed by atoms with Crippen LogP contribution in [0.25, 0.3) is 11.0 Å². The maximum atomic E-state index is 13.9. The highest BCUT2D eigenvalue weighted by Gasteiger charge is 2.45. The molecule has 0 saturated carbocycles. The van der Waals surface area contributed by atoms with Gasteiger partial charge >= 0.3 is 0 Å². The number of amides is 1. The van der Waals surface area contributed by atoms with Crippen LogP contribution in [-0.4, -0.2) is 31.0 Å². The van der Waals surface area contributed by atoms with Crippen molar-refractivity contribution < 1.29 is 22.7 Å². The Hall–Kier alpha value is -2.93. The Morgan fingerprint density at radius 3 is 2.72 bits per heavy atom. The molecule has 1 aliphatic rings. The number of carbonyl (C=O) groups is 1. The molecule has 0 bridgehead atoms. The summed E-state index contributed by atoms with van der Waals surface area (Å²) in [7, 11) is 0. The first-order valence-electron chi connectivity index (χ1n) is 9.45. The standard InChI is InChI=1S/C22H22F2N2O3/c1-13-8-16(28-11-15-6-4-3-5-7-15)9-17-19(14(2)29-20(13)17)21(27)26-18-10-25-12-22(18,23)24/h3-9,18,25H,10-12H2,1-2H3,(H,26,27). The highest BCUT2D eigenvalue weighted by molar-refractivity contribution is 6.08. The third kappa shape index (κ3) is 3.82. The lowest BCUT2D eigenvalue weighted by Gasteiger charge is -2.19. The summed E-state index contributed by atoms with van der Waals surface area (Å²) in [5, 5.41) is 5.61. The van der Waals surface area contributed by atoms with Crippen molar-refractivity contribution in [1.82, 2.24) is 10.6 Å². The van der Waals surface area contributed by atoms with Gasteiger partial charge in [0.25, 0.3) is 11.8 Å². The Kier molecular flexibility index (Phi) is 5.00. The van der Waals surface area contributed by atoms with E-state index in [0.29, 0.717) is 29.1 Å². The van der Waals surface area contributed by atoms with Crippen molar-refractivity contribution in [2.75, 3.05) is 13.1 Å². The number of aryl methyl sites for hydroxylation is 2. The molecular weight excluding hydrogens is 378 g/mol. The minimum atomic E-state index is -2.98. The van der Waals surface area contributed by atoms with Gasteiger partial charge in [0.05, 0.1) is 12.1 Å². The van der Waals surface area contributed by atoms with Crippen molar-refractivity contribution >= 4 is 16.9 Å². The molecule has 1 atom stereocenters. The SMILES string of the molecule is Cc1oc2c(C)cc(OCc3ccccc3)cc2c1C(=O)NC1CNCC1(F)F. The summed E-state index contributed by atoms with van der Waals surface area (Å²) in [5.74, 6) is -2.59. The van der Waals surface area contributed by atoms with E-state index in [1.165, 1.54) is 0 Å². The fraction of sp³-hybridized carbons (Fsp3) is 0.318. The topological polar surface area (TPSA) is 63.5 Å². The first-order chi connectivity index (χ1) is 13.8. The Morgan fingerprint density at radius 2 is 2.03 bits per heavy atom. The number of fused-ring (bicyclic) bond motifs is 1. The molecule has 1 unspecified atom stereocenters. The first-order valence-corrected chi connectivity index (χ1v) is 9.45. The molecule has 5 nitrogen and oxygen atoms in total. The molecule has 1 amide bonds. The zero-order valence-corrected chi connectivity index (χ0v) is 16.2. The molecule has 0 spiro atoms. The summed E-state index contributed by atoms with van der Waals surface area (Å²) in [4.78, 5) is 12.8. The Labute approximate surface area is 167 Å². The van der Waals surface area contributed by atoms with Crippen molar-refractivity contribution in [2.24, 2.45) is 0 Å². The van der Waals surface area contributed by atoms with Crippen LogP contribution in [0, 0.1) is 13.8 Å². The average molecular weight is 400 g/mol. The smallest absolute Gasteiger partial charge is 0.281 e. The highest BCUT2D eigenvalue weighted by Crippen LogP contribution is 2.33. The van der Waals surface area contributed by atoms with E-state index in [-0.39, 0.29) is 12.1 Å². The van der Waals surface area contributed by atoms with Crippen molar-refractivity contribution in [3.8, 4) is 5.75 Å². The normalized spacial score (nSPS) is 18.1. The Bertz CT molecular complexity index is 1050. The van der Waals surface area contributed by atoms with Crippen LogP contribution in [0.5, 0.6) is 5.75 Å². The number of nitrogens with one attached hydrogen (secondary N) is 2. The molecule has 3 aromatic rings. The van der Waals surface area contributed by atoms with Gasteiger partial charge in [0.1, 0.15) is 29.7 Å². The van der Waals surface area contributed by atoms with Gasteiger partial charge < -0.3 is 19.8 Å². The zero-order valence-electron chi connectivity index (χ0n) is 16.2. The summed E-state index contributed by atoms with van der Waals surface area (Å²) < 4.78 is 39.4. The van der Waals surface area contributed by atoms with Crippen molar-refractivity contribution in [3.05, 3.63) is 64.9 Å². The number of hydrogen-bond acceptors (Lipinski definition) is 4. The second kappa shape index (κ2) is 7.48. The fourth-order valence-corrected chi connectivity index (χ4v) is 3.60. The summed E-state index contributed by atoms with van der Waals surface area (Å²) in [6.07, 6.45) is 0. The van der Waals surface area contributed by atoms with E-state index in [2.05, 4.69) is 10.6 Å². The number of carbonyl (C=O) groups excluding carboxylic acids is 1. The van der Waals surface area contributed by atoms with Gasteiger partial charge in [-0.2, -0.15) is 0 Å². The van der Waals surface area contributed by atoms with E-state index in [0.717, 1.165) is 11.1 Å². The molecule has 152 valence electrons. The predicted octanol–water partition coefficient (Wildman–Crippen LogP) is 3.97. The Morgan fingerprint density at radius 1 is 1.28 bits per heavy atom. The number of rotatable bonds is 5. The number of ether oxygens (including phenoxy) is 1. The third-order valence-electron chi connectivity index (χ3n) is 5.12. The van der Waals surface area contributed by atoms with Gasteiger partial charge in [-0.15, -0.1) is 0 Å². The molecule has 0 aliphatic carbocycles. The van der Waals surface area contributed by atoms with Gasteiger partial charge in [-0.3, -0.25) is 4.79 Å². The quantitative estimate of drug-likeness (QED) is 0.680. The van der Waals surface area contributed by atoms with E-state index in [4.69, 9.17) is 9.15 Å².